The number of carbonyl (C=O) groups excluding carboxylic acids is 1. The number of rotatable bonds is 3. The van der Waals surface area contributed by atoms with Crippen LogP contribution in [0.15, 0.2) is 71.6 Å². The van der Waals surface area contributed by atoms with Crippen LogP contribution in [0.1, 0.15) is 21.7 Å². The normalized spacial score (nSPS) is 13.5. The molecule has 0 spiro atoms. The first-order valence-electron chi connectivity index (χ1n) is 10.5. The van der Waals surface area contributed by atoms with E-state index in [4.69, 9.17) is 5.10 Å². The molecule has 0 atom stereocenters. The third kappa shape index (κ3) is 3.32. The van der Waals surface area contributed by atoms with E-state index in [0.717, 1.165) is 38.3 Å². The number of hydrogen-bond donors (Lipinski definition) is 0. The van der Waals surface area contributed by atoms with Crippen LogP contribution in [-0.4, -0.2) is 41.8 Å². The molecule has 0 radical (unpaired) electrons. The van der Waals surface area contributed by atoms with Crippen molar-refractivity contribution >= 4 is 33.2 Å². The molecule has 8 nitrogen and oxygen atoms in total. The molecule has 4 aromatic heterocycles. The van der Waals surface area contributed by atoms with Crippen LogP contribution >= 0.6 is 15.9 Å². The number of nitrogens with zero attached hydrogens (tertiary/aromatic N) is 7. The Balaban J connectivity index is 1.55. The predicted octanol–water partition coefficient (Wildman–Crippen LogP) is 4.25. The average molecular weight is 500 g/mol. The summed E-state index contributed by atoms with van der Waals surface area (Å²) < 4.78 is 4.43. The Labute approximate surface area is 197 Å². The molecule has 0 aliphatic carbocycles. The number of halogens is 1. The van der Waals surface area contributed by atoms with Crippen LogP contribution < -0.4 is 4.90 Å². The Hall–Kier alpha value is -3.85. The van der Waals surface area contributed by atoms with E-state index in [1.165, 1.54) is 6.33 Å². The number of fused-ring (bicyclic) bond motifs is 2. The lowest BCUT2D eigenvalue weighted by Gasteiger charge is -2.26. The number of pyridine rings is 2. The van der Waals surface area contributed by atoms with E-state index >= 15 is 0 Å². The van der Waals surface area contributed by atoms with Gasteiger partial charge in [0.15, 0.2) is 17.2 Å². The van der Waals surface area contributed by atoms with E-state index in [0.29, 0.717) is 24.5 Å². The molecule has 9 heteroatoms. The summed E-state index contributed by atoms with van der Waals surface area (Å²) in [4.78, 5) is 24.3. The van der Waals surface area contributed by atoms with Gasteiger partial charge >= 0.3 is 0 Å². The second kappa shape index (κ2) is 7.63. The summed E-state index contributed by atoms with van der Waals surface area (Å²) >= 11 is 3.50. The van der Waals surface area contributed by atoms with Gasteiger partial charge in [0.25, 0.3) is 5.91 Å². The number of anilines is 1. The van der Waals surface area contributed by atoms with Crippen LogP contribution in [0.5, 0.6) is 0 Å². The van der Waals surface area contributed by atoms with Gasteiger partial charge in [0.05, 0.1) is 5.69 Å². The van der Waals surface area contributed by atoms with Gasteiger partial charge in [-0.3, -0.25) is 4.79 Å². The van der Waals surface area contributed by atoms with Gasteiger partial charge < -0.3 is 4.90 Å². The van der Waals surface area contributed by atoms with Gasteiger partial charge in [-0.15, -0.1) is 0 Å². The largest absolute Gasteiger partial charge is 0.307 e. The second-order valence-electron chi connectivity index (χ2n) is 7.89. The highest BCUT2D eigenvalue weighted by Crippen LogP contribution is 2.34. The summed E-state index contributed by atoms with van der Waals surface area (Å²) in [6, 6.07) is 17.4. The van der Waals surface area contributed by atoms with Crippen LogP contribution in [0.2, 0.25) is 0 Å². The standard InChI is InChI=1S/C24H18BrN7O/c1-15-4-2-7-21(28-15)32-23(16-8-9-20-26-14-27-31(20)13-16)19-10-11-30(24(33)22(19)29-32)18-6-3-5-17(25)12-18/h2-9,12-14H,10-11H2,1H3. The summed E-state index contributed by atoms with van der Waals surface area (Å²) in [7, 11) is 0. The molecule has 1 amide bonds. The minimum Gasteiger partial charge on any atom is -0.307 e. The summed E-state index contributed by atoms with van der Waals surface area (Å²) in [6.07, 6.45) is 4.11. The van der Waals surface area contributed by atoms with Crippen LogP contribution in [0, 0.1) is 6.92 Å². The quantitative estimate of drug-likeness (QED) is 0.370. The van der Waals surface area contributed by atoms with Crippen LogP contribution in [0.3, 0.4) is 0 Å². The zero-order chi connectivity index (χ0) is 22.5. The predicted molar refractivity (Wildman–Crippen MR) is 128 cm³/mol. The third-order valence-corrected chi connectivity index (χ3v) is 6.27. The fourth-order valence-electron chi connectivity index (χ4n) is 4.27. The lowest BCUT2D eigenvalue weighted by atomic mass is 9.99. The highest BCUT2D eigenvalue weighted by Gasteiger charge is 2.33. The molecule has 0 unspecified atom stereocenters. The first-order valence-corrected chi connectivity index (χ1v) is 11.3. The molecule has 1 aliphatic rings. The fourth-order valence-corrected chi connectivity index (χ4v) is 4.66. The molecule has 1 aliphatic heterocycles. The molecule has 0 saturated carbocycles. The highest BCUT2D eigenvalue weighted by atomic mass is 79.9. The van der Waals surface area contributed by atoms with Crippen molar-refractivity contribution in [1.29, 1.82) is 0 Å². The van der Waals surface area contributed by atoms with Crippen LogP contribution in [0.25, 0.3) is 22.7 Å². The smallest absolute Gasteiger partial charge is 0.279 e. The van der Waals surface area contributed by atoms with Crippen molar-refractivity contribution in [3.05, 3.63) is 88.5 Å². The van der Waals surface area contributed by atoms with Gasteiger partial charge in [0.2, 0.25) is 0 Å². The maximum Gasteiger partial charge on any atom is 0.279 e. The van der Waals surface area contributed by atoms with E-state index in [2.05, 4.69) is 31.0 Å². The number of carbonyl (C=O) groups is 1. The first kappa shape index (κ1) is 19.8. The molecule has 0 bridgehead atoms. The fraction of sp³-hybridized carbons (Fsp3) is 0.125. The topological polar surface area (TPSA) is 81.2 Å². The SMILES string of the molecule is Cc1cccc(-n2nc3c(c2-c2ccc4ncnn4c2)CCN(c2cccc(Br)c2)C3=O)n1. The van der Waals surface area contributed by atoms with E-state index in [1.54, 1.807) is 14.1 Å². The highest BCUT2D eigenvalue weighted by molar-refractivity contribution is 9.10. The Bertz CT molecular complexity index is 1540. The molecule has 1 aromatic carbocycles. The Morgan fingerprint density at radius 2 is 1.94 bits per heavy atom. The third-order valence-electron chi connectivity index (χ3n) is 5.77. The van der Waals surface area contributed by atoms with E-state index in [9.17, 15) is 4.79 Å². The monoisotopic (exact) mass is 499 g/mol. The lowest BCUT2D eigenvalue weighted by molar-refractivity contribution is 0.0975. The number of aromatic nitrogens is 6. The molecule has 0 N–H and O–H groups in total. The minimum absolute atomic E-state index is 0.121. The van der Waals surface area contributed by atoms with Crippen molar-refractivity contribution in [3.8, 4) is 17.1 Å². The summed E-state index contributed by atoms with van der Waals surface area (Å²) in [5.41, 5.74) is 5.57. The van der Waals surface area contributed by atoms with Crippen molar-refractivity contribution in [2.75, 3.05) is 11.4 Å². The van der Waals surface area contributed by atoms with Crippen molar-refractivity contribution < 1.29 is 4.79 Å². The molecule has 33 heavy (non-hydrogen) atoms. The van der Waals surface area contributed by atoms with Crippen molar-refractivity contribution in [3.63, 3.8) is 0 Å². The minimum atomic E-state index is -0.121. The first-order chi connectivity index (χ1) is 16.1. The number of benzene rings is 1. The maximum atomic E-state index is 13.6. The Kier molecular flexibility index (Phi) is 4.58. The second-order valence-corrected chi connectivity index (χ2v) is 8.81. The Morgan fingerprint density at radius 1 is 1.06 bits per heavy atom. The van der Waals surface area contributed by atoms with Gasteiger partial charge in [-0.25, -0.2) is 19.2 Å². The number of hydrogen-bond acceptors (Lipinski definition) is 5. The maximum absolute atomic E-state index is 13.6. The van der Waals surface area contributed by atoms with Gasteiger partial charge in [-0.1, -0.05) is 28.1 Å². The van der Waals surface area contributed by atoms with E-state index in [-0.39, 0.29) is 5.91 Å². The van der Waals surface area contributed by atoms with Gasteiger partial charge in [-0.05, 0) is 55.8 Å². The van der Waals surface area contributed by atoms with Crippen LogP contribution in [0.4, 0.5) is 5.69 Å². The summed E-state index contributed by atoms with van der Waals surface area (Å²) in [5.74, 6) is 0.545. The van der Waals surface area contributed by atoms with Gasteiger partial charge in [0, 0.05) is 39.7 Å². The van der Waals surface area contributed by atoms with Crippen molar-refractivity contribution in [2.24, 2.45) is 0 Å². The molecule has 162 valence electrons. The number of amides is 1. The molecule has 6 rings (SSSR count). The molecule has 0 saturated heterocycles. The van der Waals surface area contributed by atoms with Crippen LogP contribution in [-0.2, 0) is 6.42 Å². The summed E-state index contributed by atoms with van der Waals surface area (Å²) in [6.45, 7) is 2.50. The van der Waals surface area contributed by atoms with Crippen molar-refractivity contribution in [2.45, 2.75) is 13.3 Å². The zero-order valence-corrected chi connectivity index (χ0v) is 19.3. The summed E-state index contributed by atoms with van der Waals surface area (Å²) in [5, 5.41) is 9.06. The van der Waals surface area contributed by atoms with E-state index in [1.807, 2.05) is 67.7 Å². The van der Waals surface area contributed by atoms with E-state index < -0.39 is 0 Å². The Morgan fingerprint density at radius 3 is 2.79 bits per heavy atom. The molecule has 0 fully saturated rings. The number of aryl methyl sites for hydroxylation is 1. The molecular formula is C24H18BrN7O. The molecular weight excluding hydrogens is 482 g/mol. The molecule has 5 aromatic rings. The average Bonchev–Trinajstić information content (AvgIpc) is 3.44. The molecule has 5 heterocycles. The van der Waals surface area contributed by atoms with Gasteiger partial charge in [0.1, 0.15) is 6.33 Å². The van der Waals surface area contributed by atoms with Gasteiger partial charge in [-0.2, -0.15) is 10.2 Å². The zero-order valence-electron chi connectivity index (χ0n) is 17.7. The lowest BCUT2D eigenvalue weighted by Crippen LogP contribution is -2.37. The van der Waals surface area contributed by atoms with Crippen molar-refractivity contribution in [1.82, 2.24) is 29.4 Å².